The van der Waals surface area contributed by atoms with Gasteiger partial charge in [-0.05, 0) is 32.4 Å². The molecule has 1 fully saturated rings. The van der Waals surface area contributed by atoms with Crippen molar-refractivity contribution in [2.24, 2.45) is 0 Å². The molecular formula is C17H20N2O4S2. The van der Waals surface area contributed by atoms with Gasteiger partial charge < -0.3 is 10.1 Å². The minimum Gasteiger partial charge on any atom is -0.462 e. The lowest BCUT2D eigenvalue weighted by atomic mass is 10.1. The maximum absolute atomic E-state index is 12.1. The summed E-state index contributed by atoms with van der Waals surface area (Å²) in [5.41, 5.74) is 0.738. The number of thioether (sulfide) groups is 1. The molecule has 2 rings (SSSR count). The van der Waals surface area contributed by atoms with E-state index in [-0.39, 0.29) is 30.1 Å². The Morgan fingerprint density at radius 3 is 2.72 bits per heavy atom. The molecule has 0 spiro atoms. The first-order valence-corrected chi connectivity index (χ1v) is 9.30. The van der Waals surface area contributed by atoms with Gasteiger partial charge in [0.2, 0.25) is 11.8 Å². The monoisotopic (exact) mass is 380 g/mol. The fourth-order valence-electron chi connectivity index (χ4n) is 2.37. The summed E-state index contributed by atoms with van der Waals surface area (Å²) in [5.74, 6) is -0.712. The Morgan fingerprint density at radius 1 is 1.36 bits per heavy atom. The van der Waals surface area contributed by atoms with Crippen LogP contribution in [-0.4, -0.2) is 45.4 Å². The number of thiocarbonyl (C=S) groups is 1. The number of para-hydroxylation sites is 1. The zero-order chi connectivity index (χ0) is 18.4. The highest BCUT2D eigenvalue weighted by Gasteiger charge is 2.33. The Labute approximate surface area is 156 Å². The quantitative estimate of drug-likeness (QED) is 0.579. The predicted molar refractivity (Wildman–Crippen MR) is 102 cm³/mol. The van der Waals surface area contributed by atoms with E-state index >= 15 is 0 Å². The smallest absolute Gasteiger partial charge is 0.340 e. The molecule has 0 saturated carbocycles. The van der Waals surface area contributed by atoms with Crippen LogP contribution in [0.5, 0.6) is 0 Å². The van der Waals surface area contributed by atoms with E-state index in [0.717, 1.165) is 0 Å². The van der Waals surface area contributed by atoms with Crippen LogP contribution in [0.25, 0.3) is 0 Å². The van der Waals surface area contributed by atoms with Gasteiger partial charge in [0.25, 0.3) is 0 Å². The summed E-state index contributed by atoms with van der Waals surface area (Å²) >= 11 is 6.53. The van der Waals surface area contributed by atoms with Crippen molar-refractivity contribution in [2.45, 2.75) is 31.9 Å². The second-order valence-electron chi connectivity index (χ2n) is 5.43. The molecule has 1 saturated heterocycles. The maximum Gasteiger partial charge on any atom is 0.340 e. The Kier molecular flexibility index (Phi) is 6.95. The number of amides is 2. The third kappa shape index (κ3) is 5.02. The summed E-state index contributed by atoms with van der Waals surface area (Å²) in [6.07, 6.45) is 0.717. The normalized spacial score (nSPS) is 16.9. The summed E-state index contributed by atoms with van der Waals surface area (Å²) in [4.78, 5) is 37.5. The first-order chi connectivity index (χ1) is 11.9. The van der Waals surface area contributed by atoms with E-state index in [1.54, 1.807) is 36.1 Å². The lowest BCUT2D eigenvalue weighted by molar-refractivity contribution is -0.126. The van der Waals surface area contributed by atoms with E-state index in [0.29, 0.717) is 28.5 Å². The third-order valence-corrected chi connectivity index (χ3v) is 5.08. The maximum atomic E-state index is 12.1. The molecule has 8 heteroatoms. The van der Waals surface area contributed by atoms with Gasteiger partial charge in [0.15, 0.2) is 0 Å². The van der Waals surface area contributed by atoms with Crippen LogP contribution < -0.4 is 5.32 Å². The van der Waals surface area contributed by atoms with Gasteiger partial charge >= 0.3 is 5.97 Å². The molecule has 0 aliphatic carbocycles. The molecule has 0 bridgehead atoms. The van der Waals surface area contributed by atoms with Gasteiger partial charge in [0.1, 0.15) is 4.32 Å². The number of rotatable bonds is 7. The van der Waals surface area contributed by atoms with Crippen molar-refractivity contribution in [3.8, 4) is 0 Å². The van der Waals surface area contributed by atoms with E-state index in [1.165, 1.54) is 11.8 Å². The molecule has 25 heavy (non-hydrogen) atoms. The molecule has 1 aromatic rings. The zero-order valence-electron chi connectivity index (χ0n) is 14.1. The molecule has 1 N–H and O–H groups in total. The molecule has 1 aromatic carbocycles. The lowest BCUT2D eigenvalue weighted by Crippen LogP contribution is -2.32. The standard InChI is InChI=1S/C17H20N2O4S2/c1-3-23-16(22)12-7-4-5-8-13(12)18-14(20)9-6-10-19-15(21)11(2)25-17(19)24/h4-5,7-8,11H,3,6,9-10H2,1-2H3,(H,18,20). The minimum atomic E-state index is -0.475. The number of ether oxygens (including phenoxy) is 1. The van der Waals surface area contributed by atoms with E-state index in [1.807, 2.05) is 6.92 Å². The molecule has 0 radical (unpaired) electrons. The molecule has 1 heterocycles. The van der Waals surface area contributed by atoms with E-state index in [4.69, 9.17) is 17.0 Å². The average Bonchev–Trinajstić information content (AvgIpc) is 2.81. The van der Waals surface area contributed by atoms with E-state index in [2.05, 4.69) is 5.32 Å². The zero-order valence-corrected chi connectivity index (χ0v) is 15.7. The largest absolute Gasteiger partial charge is 0.462 e. The van der Waals surface area contributed by atoms with Gasteiger partial charge in [-0.2, -0.15) is 0 Å². The highest BCUT2D eigenvalue weighted by molar-refractivity contribution is 8.24. The number of hydrogen-bond donors (Lipinski definition) is 1. The van der Waals surface area contributed by atoms with Gasteiger partial charge in [-0.15, -0.1) is 0 Å². The molecule has 134 valence electrons. The summed E-state index contributed by atoms with van der Waals surface area (Å²) in [5, 5.41) is 2.57. The van der Waals surface area contributed by atoms with Crippen LogP contribution in [0.3, 0.4) is 0 Å². The number of nitrogens with one attached hydrogen (secondary N) is 1. The minimum absolute atomic E-state index is 0.0111. The van der Waals surface area contributed by atoms with Crippen LogP contribution in [0.2, 0.25) is 0 Å². The molecule has 1 aliphatic heterocycles. The summed E-state index contributed by atoms with van der Waals surface area (Å²) in [6.45, 7) is 4.23. The van der Waals surface area contributed by atoms with Crippen molar-refractivity contribution in [3.63, 3.8) is 0 Å². The second kappa shape index (κ2) is 8.96. The van der Waals surface area contributed by atoms with Gasteiger partial charge in [0, 0.05) is 13.0 Å². The van der Waals surface area contributed by atoms with Crippen LogP contribution in [0, 0.1) is 0 Å². The second-order valence-corrected chi connectivity index (χ2v) is 7.41. The molecule has 2 amide bonds. The lowest BCUT2D eigenvalue weighted by Gasteiger charge is -2.15. The number of carbonyl (C=O) groups excluding carboxylic acids is 3. The fraction of sp³-hybridized carbons (Fsp3) is 0.412. The molecule has 0 aromatic heterocycles. The number of hydrogen-bond acceptors (Lipinski definition) is 6. The molecule has 1 aliphatic rings. The van der Waals surface area contributed by atoms with Crippen molar-refractivity contribution in [1.82, 2.24) is 4.90 Å². The van der Waals surface area contributed by atoms with Crippen LogP contribution in [0.15, 0.2) is 24.3 Å². The third-order valence-electron chi connectivity index (χ3n) is 3.59. The highest BCUT2D eigenvalue weighted by Crippen LogP contribution is 2.27. The van der Waals surface area contributed by atoms with Crippen molar-refractivity contribution in [1.29, 1.82) is 0 Å². The van der Waals surface area contributed by atoms with Gasteiger partial charge in [-0.25, -0.2) is 4.79 Å². The van der Waals surface area contributed by atoms with Crippen LogP contribution in [0.1, 0.15) is 37.0 Å². The number of nitrogens with zero attached hydrogens (tertiary/aromatic N) is 1. The Bertz CT molecular complexity index is 693. The highest BCUT2D eigenvalue weighted by atomic mass is 32.2. The van der Waals surface area contributed by atoms with Crippen molar-refractivity contribution < 1.29 is 19.1 Å². The Morgan fingerprint density at radius 2 is 2.08 bits per heavy atom. The topological polar surface area (TPSA) is 75.7 Å². The van der Waals surface area contributed by atoms with Crippen LogP contribution >= 0.6 is 24.0 Å². The first kappa shape index (κ1) is 19.4. The van der Waals surface area contributed by atoms with Crippen molar-refractivity contribution in [3.05, 3.63) is 29.8 Å². The van der Waals surface area contributed by atoms with E-state index in [9.17, 15) is 14.4 Å². The number of esters is 1. The first-order valence-electron chi connectivity index (χ1n) is 8.02. The van der Waals surface area contributed by atoms with Gasteiger partial charge in [-0.1, -0.05) is 36.1 Å². The number of carbonyl (C=O) groups is 3. The van der Waals surface area contributed by atoms with Gasteiger partial charge in [0.05, 0.1) is 23.1 Å². The fourth-order valence-corrected chi connectivity index (χ4v) is 3.82. The molecule has 1 unspecified atom stereocenters. The van der Waals surface area contributed by atoms with Crippen LogP contribution in [0.4, 0.5) is 5.69 Å². The SMILES string of the molecule is CCOC(=O)c1ccccc1NC(=O)CCCN1C(=O)C(C)SC1=S. The number of benzene rings is 1. The summed E-state index contributed by atoms with van der Waals surface area (Å²) < 4.78 is 5.54. The molecule has 1 atom stereocenters. The molecule has 6 nitrogen and oxygen atoms in total. The van der Waals surface area contributed by atoms with Crippen molar-refractivity contribution in [2.75, 3.05) is 18.5 Å². The van der Waals surface area contributed by atoms with Crippen LogP contribution in [-0.2, 0) is 14.3 Å². The van der Waals surface area contributed by atoms with Gasteiger partial charge in [-0.3, -0.25) is 14.5 Å². The number of anilines is 1. The summed E-state index contributed by atoms with van der Waals surface area (Å²) in [7, 11) is 0. The Hall–Kier alpha value is -1.93. The Balaban J connectivity index is 1.88. The molecular weight excluding hydrogens is 360 g/mol. The van der Waals surface area contributed by atoms with E-state index < -0.39 is 5.97 Å². The predicted octanol–water partition coefficient (Wildman–Crippen LogP) is 2.83. The summed E-state index contributed by atoms with van der Waals surface area (Å²) in [6, 6.07) is 6.70. The van der Waals surface area contributed by atoms with Crippen molar-refractivity contribution >= 4 is 51.8 Å². The average molecular weight is 380 g/mol.